The zero-order valence-corrected chi connectivity index (χ0v) is 12.0. The van der Waals surface area contributed by atoms with Crippen LogP contribution in [0.2, 0.25) is 0 Å². The molecule has 0 aliphatic carbocycles. The predicted octanol–water partition coefficient (Wildman–Crippen LogP) is 1.62. The first kappa shape index (κ1) is 13.3. The van der Waals surface area contributed by atoms with Crippen LogP contribution in [0.5, 0.6) is 0 Å². The lowest BCUT2D eigenvalue weighted by molar-refractivity contribution is 0.664. The lowest BCUT2D eigenvalue weighted by Gasteiger charge is -2.03. The van der Waals surface area contributed by atoms with Crippen LogP contribution in [0.1, 0.15) is 5.56 Å². The van der Waals surface area contributed by atoms with Crippen molar-refractivity contribution in [1.29, 1.82) is 0 Å². The molecule has 0 atom stereocenters. The average Bonchev–Trinajstić information content (AvgIpc) is 3.00. The smallest absolute Gasteiger partial charge is 0.281 e. The number of rotatable bonds is 3. The van der Waals surface area contributed by atoms with E-state index in [1.807, 2.05) is 36.4 Å². The van der Waals surface area contributed by atoms with Crippen LogP contribution in [0.25, 0.3) is 22.6 Å². The number of hydrogen-bond donors (Lipinski definition) is 1. The van der Waals surface area contributed by atoms with Gasteiger partial charge in [0, 0.05) is 18.0 Å². The summed E-state index contributed by atoms with van der Waals surface area (Å²) in [6.45, 7) is 0.500. The standard InChI is InChI=1S/C16H12N6O/c23-16-13-15(18-14(19-16)12-7-4-8-17-9-12)22(21-20-13)10-11-5-2-1-3-6-11/h1-9H,10H2,(H,18,19,23). The molecule has 0 spiro atoms. The summed E-state index contributed by atoms with van der Waals surface area (Å²) in [4.78, 5) is 23.5. The zero-order valence-electron chi connectivity index (χ0n) is 12.0. The van der Waals surface area contributed by atoms with Gasteiger partial charge in [0.1, 0.15) is 5.82 Å². The van der Waals surface area contributed by atoms with Gasteiger partial charge in [-0.3, -0.25) is 9.78 Å². The van der Waals surface area contributed by atoms with Crippen molar-refractivity contribution in [2.45, 2.75) is 6.54 Å². The van der Waals surface area contributed by atoms with Gasteiger partial charge in [-0.25, -0.2) is 9.67 Å². The van der Waals surface area contributed by atoms with Gasteiger partial charge in [-0.1, -0.05) is 35.5 Å². The second-order valence-electron chi connectivity index (χ2n) is 5.06. The molecule has 3 aromatic heterocycles. The van der Waals surface area contributed by atoms with Crippen molar-refractivity contribution < 1.29 is 0 Å². The average molecular weight is 304 g/mol. The van der Waals surface area contributed by atoms with Crippen LogP contribution >= 0.6 is 0 Å². The van der Waals surface area contributed by atoms with Crippen LogP contribution in [-0.2, 0) is 6.54 Å². The summed E-state index contributed by atoms with van der Waals surface area (Å²) in [5, 5.41) is 7.99. The maximum atomic E-state index is 12.2. The Hall–Kier alpha value is -3.35. The molecule has 1 N–H and O–H groups in total. The molecule has 4 rings (SSSR count). The van der Waals surface area contributed by atoms with Crippen molar-refractivity contribution in [2.75, 3.05) is 0 Å². The predicted molar refractivity (Wildman–Crippen MR) is 84.7 cm³/mol. The molecule has 0 bridgehead atoms. The maximum absolute atomic E-state index is 12.2. The highest BCUT2D eigenvalue weighted by atomic mass is 16.1. The van der Waals surface area contributed by atoms with Gasteiger partial charge < -0.3 is 4.98 Å². The Labute approximate surface area is 130 Å². The van der Waals surface area contributed by atoms with Gasteiger partial charge in [-0.2, -0.15) is 0 Å². The highest BCUT2D eigenvalue weighted by Crippen LogP contribution is 2.14. The van der Waals surface area contributed by atoms with Crippen molar-refractivity contribution in [1.82, 2.24) is 29.9 Å². The Bertz CT molecular complexity index is 1010. The van der Waals surface area contributed by atoms with Gasteiger partial charge in [0.2, 0.25) is 0 Å². The van der Waals surface area contributed by atoms with E-state index < -0.39 is 0 Å². The molecule has 0 saturated heterocycles. The van der Waals surface area contributed by atoms with Crippen molar-refractivity contribution >= 4 is 11.2 Å². The lowest BCUT2D eigenvalue weighted by atomic mass is 10.2. The number of aromatic amines is 1. The number of aromatic nitrogens is 6. The number of nitrogens with zero attached hydrogens (tertiary/aromatic N) is 5. The molecule has 1 aromatic carbocycles. The summed E-state index contributed by atoms with van der Waals surface area (Å²) in [5.74, 6) is 0.451. The van der Waals surface area contributed by atoms with Gasteiger partial charge in [0.05, 0.1) is 6.54 Å². The van der Waals surface area contributed by atoms with Crippen LogP contribution < -0.4 is 5.56 Å². The minimum atomic E-state index is -0.312. The second-order valence-corrected chi connectivity index (χ2v) is 5.06. The number of pyridine rings is 1. The van der Waals surface area contributed by atoms with E-state index in [0.717, 1.165) is 11.1 Å². The molecule has 0 radical (unpaired) electrons. The summed E-state index contributed by atoms with van der Waals surface area (Å²) in [7, 11) is 0. The molecular weight excluding hydrogens is 292 g/mol. The van der Waals surface area contributed by atoms with E-state index in [4.69, 9.17) is 0 Å². The molecule has 112 valence electrons. The minimum absolute atomic E-state index is 0.230. The number of benzene rings is 1. The summed E-state index contributed by atoms with van der Waals surface area (Å²) in [6, 6.07) is 13.5. The van der Waals surface area contributed by atoms with E-state index in [-0.39, 0.29) is 11.1 Å². The quantitative estimate of drug-likeness (QED) is 0.621. The Morgan fingerprint density at radius 2 is 1.96 bits per heavy atom. The van der Waals surface area contributed by atoms with Crippen molar-refractivity contribution in [3.63, 3.8) is 0 Å². The third kappa shape index (κ3) is 2.48. The van der Waals surface area contributed by atoms with E-state index in [1.54, 1.807) is 23.1 Å². The Morgan fingerprint density at radius 3 is 2.74 bits per heavy atom. The van der Waals surface area contributed by atoms with Crippen molar-refractivity contribution in [3.05, 3.63) is 70.8 Å². The van der Waals surface area contributed by atoms with Crippen LogP contribution in [0.4, 0.5) is 0 Å². The van der Waals surface area contributed by atoms with Gasteiger partial charge >= 0.3 is 0 Å². The monoisotopic (exact) mass is 304 g/mol. The van der Waals surface area contributed by atoms with Gasteiger partial charge in [-0.05, 0) is 17.7 Å². The number of hydrogen-bond acceptors (Lipinski definition) is 5. The van der Waals surface area contributed by atoms with E-state index in [9.17, 15) is 4.79 Å². The third-order valence-corrected chi connectivity index (χ3v) is 3.48. The Balaban J connectivity index is 1.84. The molecule has 4 aromatic rings. The molecule has 23 heavy (non-hydrogen) atoms. The van der Waals surface area contributed by atoms with E-state index in [0.29, 0.717) is 18.0 Å². The number of fused-ring (bicyclic) bond motifs is 1. The molecule has 0 saturated carbocycles. The normalized spacial score (nSPS) is 11.0. The van der Waals surface area contributed by atoms with Crippen LogP contribution in [0, 0.1) is 0 Å². The molecule has 0 unspecified atom stereocenters. The van der Waals surface area contributed by atoms with Gasteiger partial charge in [-0.15, -0.1) is 5.10 Å². The summed E-state index contributed by atoms with van der Waals surface area (Å²) < 4.78 is 1.62. The molecule has 7 nitrogen and oxygen atoms in total. The van der Waals surface area contributed by atoms with E-state index in [2.05, 4.69) is 25.3 Å². The topological polar surface area (TPSA) is 89.3 Å². The Morgan fingerprint density at radius 1 is 1.09 bits per heavy atom. The molecule has 0 aliphatic rings. The van der Waals surface area contributed by atoms with Crippen molar-refractivity contribution in [2.24, 2.45) is 0 Å². The molecule has 3 heterocycles. The fourth-order valence-electron chi connectivity index (χ4n) is 2.37. The maximum Gasteiger partial charge on any atom is 0.281 e. The minimum Gasteiger partial charge on any atom is -0.304 e. The fourth-order valence-corrected chi connectivity index (χ4v) is 2.37. The number of nitrogens with one attached hydrogen (secondary N) is 1. The van der Waals surface area contributed by atoms with Crippen LogP contribution in [-0.4, -0.2) is 29.9 Å². The van der Waals surface area contributed by atoms with Crippen molar-refractivity contribution in [3.8, 4) is 11.4 Å². The summed E-state index contributed by atoms with van der Waals surface area (Å²) in [6.07, 6.45) is 3.32. The largest absolute Gasteiger partial charge is 0.304 e. The van der Waals surface area contributed by atoms with Crippen LogP contribution in [0.3, 0.4) is 0 Å². The van der Waals surface area contributed by atoms with Gasteiger partial charge in [0.15, 0.2) is 11.2 Å². The molecule has 7 heteroatoms. The SMILES string of the molecule is O=c1[nH]c(-c2cccnc2)nc2c1nnn2Cc1ccccc1. The van der Waals surface area contributed by atoms with E-state index >= 15 is 0 Å². The highest BCUT2D eigenvalue weighted by Gasteiger charge is 2.13. The Kier molecular flexibility index (Phi) is 3.16. The first-order chi connectivity index (χ1) is 11.3. The molecule has 0 amide bonds. The lowest BCUT2D eigenvalue weighted by Crippen LogP contribution is -2.11. The number of H-pyrrole nitrogens is 1. The van der Waals surface area contributed by atoms with E-state index in [1.165, 1.54) is 0 Å². The first-order valence-corrected chi connectivity index (χ1v) is 7.09. The molecule has 0 fully saturated rings. The summed E-state index contributed by atoms with van der Waals surface area (Å²) in [5.41, 5.74) is 2.17. The molecule has 0 aliphatic heterocycles. The third-order valence-electron chi connectivity index (χ3n) is 3.48. The van der Waals surface area contributed by atoms with Crippen LogP contribution in [0.15, 0.2) is 59.7 Å². The second kappa shape index (κ2) is 5.45. The first-order valence-electron chi connectivity index (χ1n) is 7.09. The zero-order chi connectivity index (χ0) is 15.6. The fraction of sp³-hybridized carbons (Fsp3) is 0.0625. The highest BCUT2D eigenvalue weighted by molar-refractivity contribution is 5.71. The molecular formula is C16H12N6O. The van der Waals surface area contributed by atoms with Gasteiger partial charge in [0.25, 0.3) is 5.56 Å². The summed E-state index contributed by atoms with van der Waals surface area (Å²) >= 11 is 0.